The standard InChI is InChI=1S/C12H22O4/c1-14-8-2-3-11(13)4-6-12(7-5-11)15-9-10-16-12/h13H,2-10H2,1H3. The molecular formula is C12H22O4. The van der Waals surface area contributed by atoms with E-state index in [0.29, 0.717) is 13.2 Å². The molecule has 0 aromatic heterocycles. The largest absolute Gasteiger partial charge is 0.390 e. The molecule has 0 aromatic rings. The van der Waals surface area contributed by atoms with Crippen LogP contribution in [-0.2, 0) is 14.2 Å². The molecule has 1 spiro atoms. The number of rotatable bonds is 4. The van der Waals surface area contributed by atoms with Crippen molar-refractivity contribution < 1.29 is 19.3 Å². The molecule has 0 amide bonds. The summed E-state index contributed by atoms with van der Waals surface area (Å²) >= 11 is 0. The maximum absolute atomic E-state index is 10.4. The molecule has 0 aromatic carbocycles. The SMILES string of the molecule is COCCCC1(O)CCC2(CC1)OCCO2. The molecular weight excluding hydrogens is 208 g/mol. The van der Waals surface area contributed by atoms with E-state index in [9.17, 15) is 5.11 Å². The van der Waals surface area contributed by atoms with E-state index in [-0.39, 0.29) is 5.79 Å². The molecule has 4 heteroatoms. The van der Waals surface area contributed by atoms with Crippen LogP contribution in [0.15, 0.2) is 0 Å². The van der Waals surface area contributed by atoms with Gasteiger partial charge in [0.05, 0.1) is 18.8 Å². The zero-order chi connectivity index (χ0) is 11.5. The highest BCUT2D eigenvalue weighted by molar-refractivity contribution is 4.91. The molecule has 94 valence electrons. The van der Waals surface area contributed by atoms with Crippen LogP contribution in [0.1, 0.15) is 38.5 Å². The molecule has 1 aliphatic carbocycles. The summed E-state index contributed by atoms with van der Waals surface area (Å²) in [6, 6.07) is 0. The second-order valence-electron chi connectivity index (χ2n) is 4.93. The fourth-order valence-electron chi connectivity index (χ4n) is 2.68. The monoisotopic (exact) mass is 230 g/mol. The smallest absolute Gasteiger partial charge is 0.168 e. The third-order valence-corrected chi connectivity index (χ3v) is 3.75. The van der Waals surface area contributed by atoms with E-state index in [0.717, 1.165) is 45.1 Å². The summed E-state index contributed by atoms with van der Waals surface area (Å²) in [5.74, 6) is -0.368. The number of hydrogen-bond donors (Lipinski definition) is 1. The molecule has 0 bridgehead atoms. The van der Waals surface area contributed by atoms with E-state index in [4.69, 9.17) is 14.2 Å². The van der Waals surface area contributed by atoms with Crippen LogP contribution >= 0.6 is 0 Å². The Labute approximate surface area is 96.9 Å². The van der Waals surface area contributed by atoms with Crippen LogP contribution < -0.4 is 0 Å². The molecule has 1 heterocycles. The summed E-state index contributed by atoms with van der Waals surface area (Å²) in [6.07, 6.45) is 4.92. The molecule has 1 saturated heterocycles. The lowest BCUT2D eigenvalue weighted by molar-refractivity contribution is -0.203. The first kappa shape index (κ1) is 12.3. The van der Waals surface area contributed by atoms with Crippen molar-refractivity contribution in [2.45, 2.75) is 49.9 Å². The average Bonchev–Trinajstić information content (AvgIpc) is 2.73. The third kappa shape index (κ3) is 2.74. The Morgan fingerprint density at radius 3 is 2.31 bits per heavy atom. The van der Waals surface area contributed by atoms with Crippen LogP contribution in [0.5, 0.6) is 0 Å². The fourth-order valence-corrected chi connectivity index (χ4v) is 2.68. The Morgan fingerprint density at radius 2 is 1.75 bits per heavy atom. The van der Waals surface area contributed by atoms with Crippen LogP contribution in [0.3, 0.4) is 0 Å². The van der Waals surface area contributed by atoms with E-state index in [1.807, 2.05) is 0 Å². The summed E-state index contributed by atoms with van der Waals surface area (Å²) in [7, 11) is 1.69. The minimum Gasteiger partial charge on any atom is -0.390 e. The van der Waals surface area contributed by atoms with Crippen LogP contribution in [0.4, 0.5) is 0 Å². The lowest BCUT2D eigenvalue weighted by Gasteiger charge is -2.40. The van der Waals surface area contributed by atoms with E-state index in [1.54, 1.807) is 7.11 Å². The van der Waals surface area contributed by atoms with E-state index >= 15 is 0 Å². The van der Waals surface area contributed by atoms with Gasteiger partial charge in [-0.1, -0.05) is 0 Å². The Hall–Kier alpha value is -0.160. The van der Waals surface area contributed by atoms with Gasteiger partial charge in [-0.05, 0) is 25.7 Å². The van der Waals surface area contributed by atoms with Gasteiger partial charge in [0.1, 0.15) is 0 Å². The van der Waals surface area contributed by atoms with Crippen molar-refractivity contribution in [2.75, 3.05) is 26.9 Å². The van der Waals surface area contributed by atoms with Crippen LogP contribution in [0.2, 0.25) is 0 Å². The number of methoxy groups -OCH3 is 1. The average molecular weight is 230 g/mol. The third-order valence-electron chi connectivity index (χ3n) is 3.75. The molecule has 1 aliphatic heterocycles. The highest BCUT2D eigenvalue weighted by Gasteiger charge is 2.45. The second kappa shape index (κ2) is 5.00. The molecule has 2 fully saturated rings. The van der Waals surface area contributed by atoms with Crippen LogP contribution in [0.25, 0.3) is 0 Å². The molecule has 2 aliphatic rings. The summed E-state index contributed by atoms with van der Waals surface area (Å²) < 4.78 is 16.3. The number of ether oxygens (including phenoxy) is 3. The fraction of sp³-hybridized carbons (Fsp3) is 1.00. The lowest BCUT2D eigenvalue weighted by Crippen LogP contribution is -2.43. The van der Waals surface area contributed by atoms with Gasteiger partial charge in [-0.15, -0.1) is 0 Å². The highest BCUT2D eigenvalue weighted by Crippen LogP contribution is 2.41. The van der Waals surface area contributed by atoms with Crippen LogP contribution in [0, 0.1) is 0 Å². The zero-order valence-electron chi connectivity index (χ0n) is 10.0. The second-order valence-corrected chi connectivity index (χ2v) is 4.93. The van der Waals surface area contributed by atoms with Crippen molar-refractivity contribution in [1.29, 1.82) is 0 Å². The van der Waals surface area contributed by atoms with Crippen molar-refractivity contribution >= 4 is 0 Å². The van der Waals surface area contributed by atoms with Crippen molar-refractivity contribution in [3.05, 3.63) is 0 Å². The molecule has 0 atom stereocenters. The van der Waals surface area contributed by atoms with E-state index in [1.165, 1.54) is 0 Å². The number of hydrogen-bond acceptors (Lipinski definition) is 4. The maximum Gasteiger partial charge on any atom is 0.168 e. The van der Waals surface area contributed by atoms with E-state index < -0.39 is 5.60 Å². The predicted octanol–water partition coefficient (Wildman–Crippen LogP) is 1.46. The molecule has 2 rings (SSSR count). The first-order chi connectivity index (χ1) is 7.68. The molecule has 0 radical (unpaired) electrons. The molecule has 16 heavy (non-hydrogen) atoms. The quantitative estimate of drug-likeness (QED) is 0.743. The molecule has 1 saturated carbocycles. The summed E-state index contributed by atoms with van der Waals surface area (Å²) in [5, 5.41) is 10.4. The minimum absolute atomic E-state index is 0.368. The van der Waals surface area contributed by atoms with Gasteiger partial charge in [0, 0.05) is 26.6 Å². The Bertz CT molecular complexity index is 213. The minimum atomic E-state index is -0.529. The Balaban J connectivity index is 1.78. The van der Waals surface area contributed by atoms with Gasteiger partial charge < -0.3 is 19.3 Å². The van der Waals surface area contributed by atoms with Crippen molar-refractivity contribution in [1.82, 2.24) is 0 Å². The summed E-state index contributed by atoms with van der Waals surface area (Å²) in [6.45, 7) is 2.12. The highest BCUT2D eigenvalue weighted by atomic mass is 16.7. The topological polar surface area (TPSA) is 47.9 Å². The Kier molecular flexibility index (Phi) is 3.85. The first-order valence-electron chi connectivity index (χ1n) is 6.17. The molecule has 0 unspecified atom stereocenters. The van der Waals surface area contributed by atoms with Gasteiger partial charge in [0.15, 0.2) is 5.79 Å². The van der Waals surface area contributed by atoms with Gasteiger partial charge in [-0.25, -0.2) is 0 Å². The normalized spacial score (nSPS) is 27.4. The van der Waals surface area contributed by atoms with Gasteiger partial charge in [-0.2, -0.15) is 0 Å². The molecule has 4 nitrogen and oxygen atoms in total. The van der Waals surface area contributed by atoms with Gasteiger partial charge in [-0.3, -0.25) is 0 Å². The zero-order valence-corrected chi connectivity index (χ0v) is 10.0. The summed E-state index contributed by atoms with van der Waals surface area (Å²) in [4.78, 5) is 0. The van der Waals surface area contributed by atoms with Crippen LogP contribution in [-0.4, -0.2) is 43.4 Å². The lowest BCUT2D eigenvalue weighted by atomic mass is 9.79. The van der Waals surface area contributed by atoms with Gasteiger partial charge in [0.2, 0.25) is 0 Å². The van der Waals surface area contributed by atoms with E-state index in [2.05, 4.69) is 0 Å². The maximum atomic E-state index is 10.4. The first-order valence-corrected chi connectivity index (χ1v) is 6.17. The van der Waals surface area contributed by atoms with Crippen molar-refractivity contribution in [2.24, 2.45) is 0 Å². The predicted molar refractivity (Wildman–Crippen MR) is 59.2 cm³/mol. The molecule has 1 N–H and O–H groups in total. The van der Waals surface area contributed by atoms with Crippen molar-refractivity contribution in [3.63, 3.8) is 0 Å². The van der Waals surface area contributed by atoms with Gasteiger partial charge >= 0.3 is 0 Å². The summed E-state index contributed by atoms with van der Waals surface area (Å²) in [5.41, 5.74) is -0.529. The van der Waals surface area contributed by atoms with Gasteiger partial charge in [0.25, 0.3) is 0 Å². The number of aliphatic hydroxyl groups is 1. The Morgan fingerprint density at radius 1 is 1.12 bits per heavy atom. The van der Waals surface area contributed by atoms with Crippen molar-refractivity contribution in [3.8, 4) is 0 Å².